The second-order valence-electron chi connectivity index (χ2n) is 9.76. The summed E-state index contributed by atoms with van der Waals surface area (Å²) in [7, 11) is 3.80. The van der Waals surface area contributed by atoms with Crippen LogP contribution in [-0.2, 0) is 26.0 Å². The zero-order chi connectivity index (χ0) is 24.7. The van der Waals surface area contributed by atoms with Crippen LogP contribution in [0.2, 0.25) is 0 Å². The van der Waals surface area contributed by atoms with Crippen molar-refractivity contribution in [3.63, 3.8) is 0 Å². The molecule has 1 saturated heterocycles. The number of methoxy groups -OCH3 is 1. The first kappa shape index (κ1) is 26.0. The standard InChI is InChI=1S/C25H36N2O4P2S/c1-4-34(29,30)26-23-21(27(15-25(23)10-11-25)24(28)16(2)31-3)13-18-12-19(32)14-20(22(18)33)17-8-6-5-7-9-17/h6,8-9,12,14,16,21,23,26H,4-5,7,10-11,13,15,32-33H2,1-3H3. The molecule has 2 aliphatic carbocycles. The summed E-state index contributed by atoms with van der Waals surface area (Å²) in [5.41, 5.74) is 3.29. The highest BCUT2D eigenvalue weighted by molar-refractivity contribution is 7.89. The molecule has 1 N–H and O–H groups in total. The minimum Gasteiger partial charge on any atom is -0.372 e. The minimum atomic E-state index is -3.42. The van der Waals surface area contributed by atoms with Crippen molar-refractivity contribution in [1.82, 2.24) is 9.62 Å². The Bertz CT molecular complexity index is 1130. The summed E-state index contributed by atoms with van der Waals surface area (Å²) in [6.45, 7) is 3.97. The molecule has 5 unspecified atom stereocenters. The summed E-state index contributed by atoms with van der Waals surface area (Å²) in [5, 5.41) is 2.18. The number of amides is 1. The minimum absolute atomic E-state index is 0.0231. The first-order valence-electron chi connectivity index (χ1n) is 12.0. The Morgan fingerprint density at radius 2 is 2.03 bits per heavy atom. The second-order valence-corrected chi connectivity index (χ2v) is 13.0. The third-order valence-electron chi connectivity index (χ3n) is 7.52. The number of carbonyl (C=O) groups is 1. The topological polar surface area (TPSA) is 75.7 Å². The number of nitrogens with zero attached hydrogens (tertiary/aromatic N) is 1. The van der Waals surface area contributed by atoms with Crippen LogP contribution in [0.3, 0.4) is 0 Å². The zero-order valence-corrected chi connectivity index (χ0v) is 23.3. The van der Waals surface area contributed by atoms with Crippen molar-refractivity contribution in [3.8, 4) is 0 Å². The number of nitrogens with one attached hydrogen (secondary N) is 1. The van der Waals surface area contributed by atoms with Crippen LogP contribution in [0.25, 0.3) is 5.57 Å². The van der Waals surface area contributed by atoms with Crippen LogP contribution in [0.1, 0.15) is 50.7 Å². The maximum absolute atomic E-state index is 13.3. The van der Waals surface area contributed by atoms with Crippen LogP contribution in [0.4, 0.5) is 0 Å². The van der Waals surface area contributed by atoms with E-state index in [1.807, 2.05) is 4.90 Å². The Balaban J connectivity index is 1.74. The molecule has 3 aliphatic rings. The molecule has 1 amide bonds. The van der Waals surface area contributed by atoms with Gasteiger partial charge in [0, 0.05) is 25.1 Å². The molecule has 1 aliphatic heterocycles. The zero-order valence-electron chi connectivity index (χ0n) is 20.2. The Labute approximate surface area is 208 Å². The maximum atomic E-state index is 13.3. The van der Waals surface area contributed by atoms with E-state index < -0.39 is 16.1 Å². The van der Waals surface area contributed by atoms with Crippen LogP contribution < -0.4 is 15.3 Å². The Kier molecular flexibility index (Phi) is 7.72. The van der Waals surface area contributed by atoms with Crippen molar-refractivity contribution in [3.05, 3.63) is 41.5 Å². The third kappa shape index (κ3) is 5.20. The fraction of sp³-hybridized carbons (Fsp3) is 0.560. The van der Waals surface area contributed by atoms with Crippen molar-refractivity contribution in [2.45, 2.75) is 64.1 Å². The fourth-order valence-corrected chi connectivity index (χ4v) is 7.02. The highest BCUT2D eigenvalue weighted by atomic mass is 32.2. The second kappa shape index (κ2) is 10.1. The molecule has 5 atom stereocenters. The number of ether oxygens (including phenoxy) is 1. The average molecular weight is 523 g/mol. The van der Waals surface area contributed by atoms with Crippen molar-refractivity contribution >= 4 is 50.6 Å². The van der Waals surface area contributed by atoms with E-state index in [1.165, 1.54) is 12.7 Å². The summed E-state index contributed by atoms with van der Waals surface area (Å²) in [6.07, 6.45) is 10.6. The molecule has 1 aromatic rings. The summed E-state index contributed by atoms with van der Waals surface area (Å²) < 4.78 is 33.7. The van der Waals surface area contributed by atoms with Crippen LogP contribution in [0.5, 0.6) is 0 Å². The van der Waals surface area contributed by atoms with Gasteiger partial charge in [-0.1, -0.05) is 24.3 Å². The number of carbonyl (C=O) groups excluding carboxylic acids is 1. The lowest BCUT2D eigenvalue weighted by molar-refractivity contribution is -0.142. The molecule has 1 heterocycles. The van der Waals surface area contributed by atoms with Crippen LogP contribution in [-0.4, -0.2) is 56.8 Å². The summed E-state index contributed by atoms with van der Waals surface area (Å²) in [4.78, 5) is 15.2. The molecule has 186 valence electrons. The van der Waals surface area contributed by atoms with Crippen LogP contribution in [0.15, 0.2) is 30.4 Å². The average Bonchev–Trinajstić information content (AvgIpc) is 3.56. The molecule has 1 aromatic carbocycles. The number of rotatable bonds is 8. The molecule has 1 spiro atoms. The molecule has 6 nitrogen and oxygen atoms in total. The lowest BCUT2D eigenvalue weighted by Gasteiger charge is -2.31. The van der Waals surface area contributed by atoms with Gasteiger partial charge in [0.25, 0.3) is 5.91 Å². The van der Waals surface area contributed by atoms with Gasteiger partial charge in [0.15, 0.2) is 0 Å². The van der Waals surface area contributed by atoms with Gasteiger partial charge in [-0.25, -0.2) is 13.1 Å². The van der Waals surface area contributed by atoms with Crippen molar-refractivity contribution < 1.29 is 17.9 Å². The lowest BCUT2D eigenvalue weighted by Crippen LogP contribution is -2.51. The molecule has 0 aromatic heterocycles. The highest BCUT2D eigenvalue weighted by Crippen LogP contribution is 2.55. The number of allylic oxidation sites excluding steroid dienone is 4. The van der Waals surface area contributed by atoms with Crippen molar-refractivity contribution in [1.29, 1.82) is 0 Å². The van der Waals surface area contributed by atoms with E-state index in [0.29, 0.717) is 13.0 Å². The van der Waals surface area contributed by atoms with E-state index in [9.17, 15) is 13.2 Å². The van der Waals surface area contributed by atoms with Gasteiger partial charge in [-0.3, -0.25) is 4.79 Å². The SMILES string of the molecule is CCS(=O)(=O)NC1C(Cc2cc(P)cc(C3=CCCC=C3)c2P)N(C(=O)C(C)OC)CC12CC2. The van der Waals surface area contributed by atoms with Crippen molar-refractivity contribution in [2.75, 3.05) is 19.4 Å². The van der Waals surface area contributed by atoms with Gasteiger partial charge < -0.3 is 9.64 Å². The molecule has 1 saturated carbocycles. The van der Waals surface area contributed by atoms with Gasteiger partial charge in [0.1, 0.15) is 6.10 Å². The largest absolute Gasteiger partial charge is 0.372 e. The van der Waals surface area contributed by atoms with Gasteiger partial charge in [-0.15, -0.1) is 18.5 Å². The predicted octanol–water partition coefficient (Wildman–Crippen LogP) is 2.30. The predicted molar refractivity (Wildman–Crippen MR) is 145 cm³/mol. The molecule has 9 heteroatoms. The monoisotopic (exact) mass is 522 g/mol. The summed E-state index contributed by atoms with van der Waals surface area (Å²) in [5.74, 6) is -0.0579. The third-order valence-corrected chi connectivity index (χ3v) is 9.90. The van der Waals surface area contributed by atoms with Crippen LogP contribution >= 0.6 is 18.5 Å². The van der Waals surface area contributed by atoms with E-state index in [1.54, 1.807) is 13.8 Å². The van der Waals surface area contributed by atoms with E-state index in [0.717, 1.165) is 47.4 Å². The van der Waals surface area contributed by atoms with E-state index in [4.69, 9.17) is 4.74 Å². The summed E-state index contributed by atoms with van der Waals surface area (Å²) >= 11 is 0. The van der Waals surface area contributed by atoms with Crippen LogP contribution in [0, 0.1) is 5.41 Å². The van der Waals surface area contributed by atoms with Gasteiger partial charge in [0.05, 0.1) is 11.8 Å². The number of hydrogen-bond acceptors (Lipinski definition) is 4. The molecule has 34 heavy (non-hydrogen) atoms. The number of benzene rings is 1. The molecule has 0 bridgehead atoms. The molecule has 4 rings (SSSR count). The smallest absolute Gasteiger partial charge is 0.251 e. The van der Waals surface area contributed by atoms with Gasteiger partial charge in [0.2, 0.25) is 10.0 Å². The van der Waals surface area contributed by atoms with E-state index >= 15 is 0 Å². The van der Waals surface area contributed by atoms with Gasteiger partial charge in [-0.05, 0) is 79.3 Å². The maximum Gasteiger partial charge on any atom is 0.251 e. The normalized spacial score (nSPS) is 24.4. The first-order chi connectivity index (χ1) is 16.1. The Hall–Kier alpha value is -1.10. The Morgan fingerprint density at radius 3 is 2.62 bits per heavy atom. The molecular weight excluding hydrogens is 486 g/mol. The Morgan fingerprint density at radius 1 is 1.29 bits per heavy atom. The lowest BCUT2D eigenvalue weighted by atomic mass is 9.91. The van der Waals surface area contributed by atoms with E-state index in [-0.39, 0.29) is 29.2 Å². The highest BCUT2D eigenvalue weighted by Gasteiger charge is 2.61. The quantitative estimate of drug-likeness (QED) is 0.532. The molecule has 0 radical (unpaired) electrons. The van der Waals surface area contributed by atoms with Crippen molar-refractivity contribution in [2.24, 2.45) is 5.41 Å². The van der Waals surface area contributed by atoms with Gasteiger partial charge >= 0.3 is 0 Å². The molecule has 2 fully saturated rings. The summed E-state index contributed by atoms with van der Waals surface area (Å²) in [6, 6.07) is 3.72. The van der Waals surface area contributed by atoms with E-state index in [2.05, 4.69) is 53.6 Å². The fourth-order valence-electron chi connectivity index (χ4n) is 5.24. The molecular formula is C25H36N2O4P2S. The number of sulfonamides is 1. The first-order valence-corrected chi connectivity index (χ1v) is 14.8. The number of likely N-dealkylation sites (tertiary alicyclic amines) is 1. The van der Waals surface area contributed by atoms with Gasteiger partial charge in [-0.2, -0.15) is 0 Å². The number of hydrogen-bond donors (Lipinski definition) is 1.